The molecule has 0 saturated carbocycles. The predicted molar refractivity (Wildman–Crippen MR) is 154 cm³/mol. The van der Waals surface area contributed by atoms with Gasteiger partial charge in [0.1, 0.15) is 0 Å². The number of benzene rings is 3. The highest BCUT2D eigenvalue weighted by atomic mass is 79.9. The average molecular weight is 543 g/mol. The van der Waals surface area contributed by atoms with Crippen molar-refractivity contribution in [2.45, 2.75) is 59.3 Å². The Labute approximate surface area is 219 Å². The van der Waals surface area contributed by atoms with Crippen LogP contribution in [0.3, 0.4) is 0 Å². The average Bonchev–Trinajstić information content (AvgIpc) is 2.81. The van der Waals surface area contributed by atoms with Crippen molar-refractivity contribution in [1.29, 1.82) is 0 Å². The SMILES string of the molecule is CC(C)c1ccc(N)c(Br)c1.CC(C)c1ccc(N)cc1.COC(=O)c1cc(C(C)C)ccc1N. The number of ether oxygens (including phenoxy) is 1. The number of nitrogen functional groups attached to an aromatic ring is 3. The van der Waals surface area contributed by atoms with Gasteiger partial charge in [-0.05, 0) is 86.8 Å². The van der Waals surface area contributed by atoms with Gasteiger partial charge in [0.25, 0.3) is 0 Å². The maximum Gasteiger partial charge on any atom is 0.339 e. The number of rotatable bonds is 4. The number of nitrogens with two attached hydrogens (primary N) is 3. The summed E-state index contributed by atoms with van der Waals surface area (Å²) in [6.07, 6.45) is 0. The van der Waals surface area contributed by atoms with Crippen LogP contribution in [0.4, 0.5) is 17.1 Å². The first kappa shape index (κ1) is 30.0. The van der Waals surface area contributed by atoms with Crippen LogP contribution in [0, 0.1) is 0 Å². The third-order valence-electron chi connectivity index (χ3n) is 5.44. The second-order valence-electron chi connectivity index (χ2n) is 9.25. The first-order chi connectivity index (χ1) is 16.4. The third-order valence-corrected chi connectivity index (χ3v) is 6.13. The lowest BCUT2D eigenvalue weighted by Crippen LogP contribution is -2.06. The standard InChI is InChI=1S/C11H15NO2.C9H12BrN.C9H13N/c1-7(2)8-4-5-10(12)9(6-8)11(13)14-3;1-6(2)7-3-4-9(11)8(10)5-7;1-7(2)8-3-5-9(10)6-4-8/h4-7H,12H2,1-3H3;3-6H,11H2,1-2H3;3-7H,10H2,1-2H3. The van der Waals surface area contributed by atoms with E-state index in [9.17, 15) is 4.79 Å². The van der Waals surface area contributed by atoms with Gasteiger partial charge in [0.05, 0.1) is 12.7 Å². The summed E-state index contributed by atoms with van der Waals surface area (Å²) in [5.74, 6) is 1.15. The Morgan fingerprint density at radius 2 is 1.11 bits per heavy atom. The van der Waals surface area contributed by atoms with E-state index in [1.54, 1.807) is 12.1 Å². The molecule has 3 aromatic carbocycles. The summed E-state index contributed by atoms with van der Waals surface area (Å²) in [5, 5.41) is 0. The summed E-state index contributed by atoms with van der Waals surface area (Å²) < 4.78 is 5.62. The van der Waals surface area contributed by atoms with Gasteiger partial charge in [-0.25, -0.2) is 4.79 Å². The van der Waals surface area contributed by atoms with E-state index in [1.807, 2.05) is 24.3 Å². The van der Waals surface area contributed by atoms with Crippen LogP contribution >= 0.6 is 15.9 Å². The van der Waals surface area contributed by atoms with Gasteiger partial charge in [-0.1, -0.05) is 65.8 Å². The minimum absolute atomic E-state index is 0.374. The summed E-state index contributed by atoms with van der Waals surface area (Å²) >= 11 is 3.39. The lowest BCUT2D eigenvalue weighted by molar-refractivity contribution is 0.0602. The maximum absolute atomic E-state index is 11.3. The first-order valence-corrected chi connectivity index (χ1v) is 12.5. The molecule has 0 atom stereocenters. The van der Waals surface area contributed by atoms with Crippen LogP contribution in [-0.4, -0.2) is 13.1 Å². The van der Waals surface area contributed by atoms with Crippen molar-refractivity contribution in [2.75, 3.05) is 24.3 Å². The Morgan fingerprint density at radius 3 is 1.54 bits per heavy atom. The minimum Gasteiger partial charge on any atom is -0.465 e. The van der Waals surface area contributed by atoms with Crippen LogP contribution in [0.1, 0.15) is 86.3 Å². The fourth-order valence-corrected chi connectivity index (χ4v) is 3.40. The quantitative estimate of drug-likeness (QED) is 0.231. The van der Waals surface area contributed by atoms with Gasteiger partial charge in [0.15, 0.2) is 0 Å². The van der Waals surface area contributed by atoms with Gasteiger partial charge in [-0.15, -0.1) is 0 Å². The van der Waals surface area contributed by atoms with Gasteiger partial charge in [0.2, 0.25) is 0 Å². The molecule has 3 rings (SSSR count). The van der Waals surface area contributed by atoms with Gasteiger partial charge >= 0.3 is 5.97 Å². The Balaban J connectivity index is 0.000000267. The zero-order valence-electron chi connectivity index (χ0n) is 21.9. The molecule has 0 amide bonds. The van der Waals surface area contributed by atoms with E-state index >= 15 is 0 Å². The van der Waals surface area contributed by atoms with Gasteiger partial charge in [-0.3, -0.25) is 0 Å². The molecular formula is C29H40BrN3O2. The summed E-state index contributed by atoms with van der Waals surface area (Å²) in [6.45, 7) is 12.8. The lowest BCUT2D eigenvalue weighted by Gasteiger charge is -2.09. The predicted octanol–water partition coefficient (Wildman–Crippen LogP) is 7.73. The van der Waals surface area contributed by atoms with Crippen molar-refractivity contribution < 1.29 is 9.53 Å². The Hall–Kier alpha value is -2.99. The lowest BCUT2D eigenvalue weighted by atomic mass is 10.00. The fraction of sp³-hybridized carbons (Fsp3) is 0.345. The Kier molecular flexibility index (Phi) is 12.4. The molecule has 5 nitrogen and oxygen atoms in total. The summed E-state index contributed by atoms with van der Waals surface area (Å²) in [7, 11) is 1.35. The summed E-state index contributed by atoms with van der Waals surface area (Å²) in [6, 6.07) is 19.5. The molecule has 0 heterocycles. The number of halogens is 1. The molecule has 0 aliphatic rings. The molecule has 190 valence electrons. The van der Waals surface area contributed by atoms with Crippen molar-refractivity contribution in [3.05, 3.63) is 87.4 Å². The molecule has 35 heavy (non-hydrogen) atoms. The van der Waals surface area contributed by atoms with Crippen LogP contribution in [0.15, 0.2) is 65.1 Å². The normalized spacial score (nSPS) is 10.4. The number of esters is 1. The van der Waals surface area contributed by atoms with Crippen molar-refractivity contribution in [3.63, 3.8) is 0 Å². The van der Waals surface area contributed by atoms with E-state index < -0.39 is 0 Å². The molecule has 0 aliphatic heterocycles. The van der Waals surface area contributed by atoms with Crippen LogP contribution < -0.4 is 17.2 Å². The van der Waals surface area contributed by atoms with Crippen LogP contribution in [0.25, 0.3) is 0 Å². The second-order valence-corrected chi connectivity index (χ2v) is 10.1. The van der Waals surface area contributed by atoms with Gasteiger partial charge in [0, 0.05) is 21.5 Å². The number of methoxy groups -OCH3 is 1. The molecule has 0 fully saturated rings. The van der Waals surface area contributed by atoms with E-state index in [4.69, 9.17) is 17.2 Å². The minimum atomic E-state index is -0.384. The van der Waals surface area contributed by atoms with Crippen molar-refractivity contribution >= 4 is 39.0 Å². The zero-order chi connectivity index (χ0) is 26.7. The molecule has 0 unspecified atom stereocenters. The molecule has 6 heteroatoms. The molecule has 0 spiro atoms. The number of hydrogen-bond donors (Lipinski definition) is 3. The van der Waals surface area contributed by atoms with Crippen molar-refractivity contribution in [3.8, 4) is 0 Å². The maximum atomic E-state index is 11.3. The molecule has 3 aromatic rings. The zero-order valence-corrected chi connectivity index (χ0v) is 23.5. The van der Waals surface area contributed by atoms with Crippen LogP contribution in [-0.2, 0) is 4.74 Å². The number of anilines is 3. The van der Waals surface area contributed by atoms with Crippen LogP contribution in [0.2, 0.25) is 0 Å². The molecule has 0 aliphatic carbocycles. The molecule has 0 aromatic heterocycles. The van der Waals surface area contributed by atoms with Crippen molar-refractivity contribution in [1.82, 2.24) is 0 Å². The van der Waals surface area contributed by atoms with Crippen LogP contribution in [0.5, 0.6) is 0 Å². The Morgan fingerprint density at radius 1 is 0.686 bits per heavy atom. The van der Waals surface area contributed by atoms with E-state index in [2.05, 4.69) is 86.5 Å². The number of carbonyl (C=O) groups excluding carboxylic acids is 1. The smallest absolute Gasteiger partial charge is 0.339 e. The van der Waals surface area contributed by atoms with E-state index in [0.717, 1.165) is 21.4 Å². The molecule has 0 bridgehead atoms. The van der Waals surface area contributed by atoms with E-state index in [1.165, 1.54) is 18.2 Å². The fourth-order valence-electron chi connectivity index (χ4n) is 3.00. The summed E-state index contributed by atoms with van der Waals surface area (Å²) in [4.78, 5) is 11.3. The monoisotopic (exact) mass is 541 g/mol. The van der Waals surface area contributed by atoms with Gasteiger partial charge < -0.3 is 21.9 Å². The highest BCUT2D eigenvalue weighted by Gasteiger charge is 2.11. The second kappa shape index (κ2) is 14.4. The highest BCUT2D eigenvalue weighted by molar-refractivity contribution is 9.10. The van der Waals surface area contributed by atoms with E-state index in [-0.39, 0.29) is 5.97 Å². The molecule has 0 saturated heterocycles. The Bertz CT molecular complexity index is 1080. The topological polar surface area (TPSA) is 104 Å². The van der Waals surface area contributed by atoms with E-state index in [0.29, 0.717) is 29.0 Å². The van der Waals surface area contributed by atoms with Crippen molar-refractivity contribution in [2.24, 2.45) is 0 Å². The highest BCUT2D eigenvalue weighted by Crippen LogP contribution is 2.24. The number of hydrogen-bond acceptors (Lipinski definition) is 5. The third kappa shape index (κ3) is 10.0. The first-order valence-electron chi connectivity index (χ1n) is 11.7. The summed E-state index contributed by atoms with van der Waals surface area (Å²) in [5.41, 5.74) is 23.1. The molecule has 0 radical (unpaired) electrons. The largest absolute Gasteiger partial charge is 0.465 e. The molecular weight excluding hydrogens is 502 g/mol. The van der Waals surface area contributed by atoms with Gasteiger partial charge in [-0.2, -0.15) is 0 Å². The molecule has 6 N–H and O–H groups in total. The number of carbonyl (C=O) groups is 1.